The molecule has 138 valence electrons. The predicted octanol–water partition coefficient (Wildman–Crippen LogP) is 1.37. The average molecular weight is 366 g/mol. The first-order valence-corrected chi connectivity index (χ1v) is 9.21. The Morgan fingerprint density at radius 3 is 2.44 bits per heavy atom. The van der Waals surface area contributed by atoms with Gasteiger partial charge >= 0.3 is 0 Å². The topological polar surface area (TPSA) is 73.4 Å². The van der Waals surface area contributed by atoms with E-state index in [2.05, 4.69) is 16.0 Å². The van der Waals surface area contributed by atoms with Crippen LogP contribution in [0.4, 0.5) is 0 Å². The maximum absolute atomic E-state index is 12.9. The largest absolute Gasteiger partial charge is 0.375 e. The number of piperidine rings is 1. The van der Waals surface area contributed by atoms with Crippen LogP contribution in [0, 0.1) is 17.8 Å². The van der Waals surface area contributed by atoms with Crippen LogP contribution in [0.15, 0.2) is 30.3 Å². The summed E-state index contributed by atoms with van der Waals surface area (Å²) in [5, 5.41) is 21.1. The minimum atomic E-state index is -1.42. The summed E-state index contributed by atoms with van der Waals surface area (Å²) in [5.41, 5.74) is -0.706. The number of nitrogens with one attached hydrogen (secondary N) is 3. The lowest BCUT2D eigenvalue weighted by molar-refractivity contribution is -0.147. The van der Waals surface area contributed by atoms with E-state index in [1.165, 1.54) is 0 Å². The van der Waals surface area contributed by atoms with Crippen LogP contribution in [0.25, 0.3) is 0 Å². The molecule has 25 heavy (non-hydrogen) atoms. The van der Waals surface area contributed by atoms with Gasteiger partial charge < -0.3 is 15.7 Å². The fourth-order valence-corrected chi connectivity index (χ4v) is 4.69. The highest BCUT2D eigenvalue weighted by Crippen LogP contribution is 2.42. The van der Waals surface area contributed by atoms with E-state index in [1.807, 2.05) is 30.3 Å². The molecule has 2 unspecified atom stereocenters. The molecular weight excluding hydrogens is 338 g/mol. The molecule has 1 amide bonds. The van der Waals surface area contributed by atoms with Crippen LogP contribution < -0.4 is 16.0 Å². The molecule has 1 aromatic rings. The van der Waals surface area contributed by atoms with E-state index in [4.69, 9.17) is 0 Å². The number of hydrogen-bond donors (Lipinski definition) is 4. The molecule has 6 heteroatoms. The summed E-state index contributed by atoms with van der Waals surface area (Å²) in [7, 11) is 0. The van der Waals surface area contributed by atoms with Crippen molar-refractivity contribution in [3.05, 3.63) is 35.9 Å². The third-order valence-corrected chi connectivity index (χ3v) is 6.18. The molecule has 5 nitrogen and oxygen atoms in total. The Labute approximate surface area is 155 Å². The summed E-state index contributed by atoms with van der Waals surface area (Å²) in [4.78, 5) is 12.9. The van der Waals surface area contributed by atoms with Gasteiger partial charge in [-0.2, -0.15) is 0 Å². The molecule has 0 bridgehead atoms. The summed E-state index contributed by atoms with van der Waals surface area (Å²) in [5.74, 6) is 1.16. The van der Waals surface area contributed by atoms with E-state index in [-0.39, 0.29) is 24.2 Å². The first-order valence-electron chi connectivity index (χ1n) is 9.21. The van der Waals surface area contributed by atoms with Gasteiger partial charge in [-0.15, -0.1) is 12.4 Å². The summed E-state index contributed by atoms with van der Waals surface area (Å²) in [6, 6.07) is 9.93. The molecule has 1 heterocycles. The van der Waals surface area contributed by atoms with E-state index >= 15 is 0 Å². The number of fused-ring (bicyclic) bond motifs is 1. The lowest BCUT2D eigenvalue weighted by Gasteiger charge is -2.33. The second kappa shape index (κ2) is 7.62. The van der Waals surface area contributed by atoms with Crippen LogP contribution in [0.5, 0.6) is 0 Å². The molecule has 0 radical (unpaired) electrons. The van der Waals surface area contributed by atoms with Gasteiger partial charge in [-0.3, -0.25) is 10.1 Å². The zero-order valence-corrected chi connectivity index (χ0v) is 15.2. The Hall–Kier alpha value is -1.14. The van der Waals surface area contributed by atoms with Crippen molar-refractivity contribution in [1.29, 1.82) is 0 Å². The van der Waals surface area contributed by atoms with Gasteiger partial charge in [0.05, 0.1) is 6.67 Å². The quantitative estimate of drug-likeness (QED) is 0.574. The van der Waals surface area contributed by atoms with E-state index in [0.29, 0.717) is 30.1 Å². The number of rotatable bonds is 6. The van der Waals surface area contributed by atoms with Crippen molar-refractivity contribution >= 4 is 18.3 Å². The molecule has 1 aliphatic heterocycles. The standard InChI is InChI=1S/C19H27N3O2.ClH/c23-18(22-12-21-17-15-10-20-11-16(15)17)19(24,14-8-4-5-9-14)13-6-2-1-3-7-13;/h1-3,6-7,14-17,20-21,24H,4-5,8-12H2,(H,22,23);1H/t15?,16?,17?,19-;/m0./s1. The zero-order valence-electron chi connectivity index (χ0n) is 14.4. The van der Waals surface area contributed by atoms with Gasteiger partial charge in [0.25, 0.3) is 5.91 Å². The van der Waals surface area contributed by atoms with Crippen molar-refractivity contribution in [3.63, 3.8) is 0 Å². The van der Waals surface area contributed by atoms with Crippen LogP contribution in [0.2, 0.25) is 0 Å². The fourth-order valence-electron chi connectivity index (χ4n) is 4.69. The Morgan fingerprint density at radius 2 is 1.80 bits per heavy atom. The van der Waals surface area contributed by atoms with E-state index in [9.17, 15) is 9.90 Å². The number of carbonyl (C=O) groups excluding carboxylic acids is 1. The summed E-state index contributed by atoms with van der Waals surface area (Å²) in [6.07, 6.45) is 3.99. The first kappa shape index (κ1) is 18.6. The number of hydrogen-bond acceptors (Lipinski definition) is 4. The van der Waals surface area contributed by atoms with Crippen molar-refractivity contribution in [2.24, 2.45) is 17.8 Å². The molecule has 0 aromatic heterocycles. The number of benzene rings is 1. The molecule has 4 rings (SSSR count). The zero-order chi connectivity index (χ0) is 16.6. The molecule has 2 aliphatic carbocycles. The third-order valence-electron chi connectivity index (χ3n) is 6.18. The van der Waals surface area contributed by atoms with Gasteiger partial charge in [-0.05, 0) is 43.3 Å². The Morgan fingerprint density at radius 1 is 1.16 bits per heavy atom. The molecule has 3 aliphatic rings. The normalized spacial score (nSPS) is 30.2. The highest BCUT2D eigenvalue weighted by Gasteiger charge is 2.52. The summed E-state index contributed by atoms with van der Waals surface area (Å²) < 4.78 is 0. The molecule has 4 N–H and O–H groups in total. The Balaban J connectivity index is 0.00000182. The second-order valence-electron chi connectivity index (χ2n) is 7.51. The molecule has 0 spiro atoms. The van der Waals surface area contributed by atoms with Crippen LogP contribution in [0.1, 0.15) is 31.2 Å². The van der Waals surface area contributed by atoms with Gasteiger partial charge in [0.2, 0.25) is 0 Å². The monoisotopic (exact) mass is 365 g/mol. The minimum Gasteiger partial charge on any atom is -0.375 e. The lowest BCUT2D eigenvalue weighted by atomic mass is 9.79. The number of aliphatic hydroxyl groups is 1. The van der Waals surface area contributed by atoms with Gasteiger partial charge in [0.15, 0.2) is 5.60 Å². The lowest BCUT2D eigenvalue weighted by Crippen LogP contribution is -2.51. The van der Waals surface area contributed by atoms with Crippen molar-refractivity contribution in [2.45, 2.75) is 37.3 Å². The summed E-state index contributed by atoms with van der Waals surface area (Å²) in [6.45, 7) is 2.58. The maximum Gasteiger partial charge on any atom is 0.257 e. The van der Waals surface area contributed by atoms with Gasteiger partial charge in [-0.1, -0.05) is 43.2 Å². The molecule has 3 fully saturated rings. The van der Waals surface area contributed by atoms with Gasteiger partial charge in [0, 0.05) is 12.0 Å². The van der Waals surface area contributed by atoms with Crippen LogP contribution in [0.3, 0.4) is 0 Å². The van der Waals surface area contributed by atoms with Crippen LogP contribution >= 0.6 is 12.4 Å². The van der Waals surface area contributed by atoms with E-state index < -0.39 is 5.60 Å². The highest BCUT2D eigenvalue weighted by molar-refractivity contribution is 5.86. The number of carbonyl (C=O) groups is 1. The van der Waals surface area contributed by atoms with Gasteiger partial charge in [0.1, 0.15) is 0 Å². The first-order chi connectivity index (χ1) is 11.7. The van der Waals surface area contributed by atoms with Crippen molar-refractivity contribution in [3.8, 4) is 0 Å². The van der Waals surface area contributed by atoms with Crippen LogP contribution in [-0.4, -0.2) is 36.8 Å². The molecule has 2 saturated carbocycles. The van der Waals surface area contributed by atoms with Gasteiger partial charge in [-0.25, -0.2) is 0 Å². The van der Waals surface area contributed by atoms with Crippen molar-refractivity contribution < 1.29 is 9.90 Å². The maximum atomic E-state index is 12.9. The van der Waals surface area contributed by atoms with Crippen LogP contribution in [-0.2, 0) is 10.4 Å². The molecule has 3 atom stereocenters. The highest BCUT2D eigenvalue weighted by atomic mass is 35.5. The molecular formula is C19H28ClN3O2. The Bertz CT molecular complexity index is 584. The number of amides is 1. The minimum absolute atomic E-state index is 0. The second-order valence-corrected chi connectivity index (χ2v) is 7.51. The molecule has 1 aromatic carbocycles. The smallest absolute Gasteiger partial charge is 0.257 e. The average Bonchev–Trinajstić information content (AvgIpc) is 3.07. The van der Waals surface area contributed by atoms with E-state index in [1.54, 1.807) is 0 Å². The third kappa shape index (κ3) is 3.43. The number of halogens is 1. The Kier molecular flexibility index (Phi) is 5.68. The SMILES string of the molecule is Cl.O=C(NCNC1C2CNCC21)[C@](O)(c1ccccc1)C1CCCC1. The summed E-state index contributed by atoms with van der Waals surface area (Å²) >= 11 is 0. The van der Waals surface area contributed by atoms with Crippen molar-refractivity contribution in [1.82, 2.24) is 16.0 Å². The fraction of sp³-hybridized carbons (Fsp3) is 0.632. The van der Waals surface area contributed by atoms with Crippen molar-refractivity contribution in [2.75, 3.05) is 19.8 Å². The molecule has 1 saturated heterocycles. The van der Waals surface area contributed by atoms with E-state index in [0.717, 1.165) is 38.8 Å². The predicted molar refractivity (Wildman–Crippen MR) is 99.3 cm³/mol.